The third kappa shape index (κ3) is 3.95. The normalized spacial score (nSPS) is 17.1. The van der Waals surface area contributed by atoms with Gasteiger partial charge in [0.25, 0.3) is 0 Å². The first-order valence-corrected chi connectivity index (χ1v) is 9.29. The molecule has 0 saturated heterocycles. The van der Waals surface area contributed by atoms with Crippen molar-refractivity contribution in [3.63, 3.8) is 0 Å². The van der Waals surface area contributed by atoms with Gasteiger partial charge in [-0.1, -0.05) is 11.8 Å². The van der Waals surface area contributed by atoms with Crippen molar-refractivity contribution in [3.8, 4) is 0 Å². The number of carboxylic acid groups (broad SMARTS) is 1. The Morgan fingerprint density at radius 3 is 2.65 bits per heavy atom. The van der Waals surface area contributed by atoms with E-state index in [9.17, 15) is 13.2 Å². The molecule has 0 spiro atoms. The molecule has 0 amide bonds. The van der Waals surface area contributed by atoms with Gasteiger partial charge in [-0.2, -0.15) is 0 Å². The minimum atomic E-state index is -3.12. The molecule has 0 radical (unpaired) electrons. The van der Waals surface area contributed by atoms with Crippen molar-refractivity contribution in [3.05, 3.63) is 5.82 Å². The largest absolute Gasteiger partial charge is 0.481 e. The summed E-state index contributed by atoms with van der Waals surface area (Å²) < 4.78 is 24.7. The molecule has 7 nitrogen and oxygen atoms in total. The molecular formula is C11H17N3O4S2. The van der Waals surface area contributed by atoms with E-state index in [4.69, 9.17) is 5.11 Å². The average molecular weight is 319 g/mol. The highest BCUT2D eigenvalue weighted by atomic mass is 32.2. The summed E-state index contributed by atoms with van der Waals surface area (Å²) in [6, 6.07) is -0.299. The van der Waals surface area contributed by atoms with Crippen molar-refractivity contribution in [2.45, 2.75) is 36.9 Å². The Bertz CT molecular complexity index is 607. The Morgan fingerprint density at radius 1 is 1.50 bits per heavy atom. The van der Waals surface area contributed by atoms with E-state index in [2.05, 4.69) is 10.2 Å². The van der Waals surface area contributed by atoms with Gasteiger partial charge in [0, 0.05) is 18.2 Å². The van der Waals surface area contributed by atoms with Crippen LogP contribution in [0.5, 0.6) is 0 Å². The van der Waals surface area contributed by atoms with E-state index in [0.29, 0.717) is 11.1 Å². The number of hydrogen-bond acceptors (Lipinski definition) is 6. The fourth-order valence-corrected chi connectivity index (χ4v) is 3.85. The Hall–Kier alpha value is -1.09. The van der Waals surface area contributed by atoms with Gasteiger partial charge in [-0.05, 0) is 19.8 Å². The maximum atomic E-state index is 11.5. The molecule has 1 aliphatic carbocycles. The zero-order chi connectivity index (χ0) is 14.9. The zero-order valence-electron chi connectivity index (χ0n) is 11.3. The molecule has 1 saturated carbocycles. The van der Waals surface area contributed by atoms with Crippen LogP contribution in [0.3, 0.4) is 0 Å². The molecule has 2 rings (SSSR count). The van der Waals surface area contributed by atoms with Gasteiger partial charge in [0.05, 0.1) is 11.5 Å². The van der Waals surface area contributed by atoms with Gasteiger partial charge in [0.2, 0.25) is 0 Å². The molecule has 1 heterocycles. The van der Waals surface area contributed by atoms with Crippen LogP contribution in [-0.4, -0.2) is 52.0 Å². The monoisotopic (exact) mass is 319 g/mol. The minimum absolute atomic E-state index is 0.00854. The Morgan fingerprint density at radius 2 is 2.15 bits per heavy atom. The molecule has 20 heavy (non-hydrogen) atoms. The maximum absolute atomic E-state index is 11.5. The van der Waals surface area contributed by atoms with Crippen LogP contribution in [0.1, 0.15) is 37.5 Å². The lowest BCUT2D eigenvalue weighted by Gasteiger charge is -2.16. The zero-order valence-corrected chi connectivity index (χ0v) is 12.9. The molecule has 1 fully saturated rings. The standard InChI is InChI=1S/C11H17N3O4S2/c1-7(6-20(2,17)18)14-10(8-3-4-8)12-13-11(14)19-5-9(15)16/h7-8H,3-6H2,1-2H3,(H,15,16). The molecule has 112 valence electrons. The summed E-state index contributed by atoms with van der Waals surface area (Å²) in [6.45, 7) is 1.79. The SMILES string of the molecule is CC(CS(C)(=O)=O)n1c(SCC(=O)O)nnc1C1CC1. The summed E-state index contributed by atoms with van der Waals surface area (Å²) in [5.41, 5.74) is 0. The molecule has 1 unspecified atom stereocenters. The second-order valence-electron chi connectivity index (χ2n) is 5.11. The van der Waals surface area contributed by atoms with Crippen molar-refractivity contribution in [2.24, 2.45) is 0 Å². The first kappa shape index (κ1) is 15.3. The van der Waals surface area contributed by atoms with Crippen LogP contribution in [0.15, 0.2) is 5.16 Å². The van der Waals surface area contributed by atoms with Crippen molar-refractivity contribution in [2.75, 3.05) is 17.8 Å². The molecule has 1 aliphatic rings. The number of aliphatic carboxylic acids is 1. The first-order valence-electron chi connectivity index (χ1n) is 6.25. The number of hydrogen-bond donors (Lipinski definition) is 1. The third-order valence-corrected chi connectivity index (χ3v) is 4.96. The number of carbonyl (C=O) groups is 1. The Balaban J connectivity index is 2.26. The number of nitrogens with zero attached hydrogens (tertiary/aromatic N) is 3. The Labute approximate surface area is 121 Å². The molecule has 1 N–H and O–H groups in total. The molecule has 0 bridgehead atoms. The van der Waals surface area contributed by atoms with Crippen molar-refractivity contribution in [1.29, 1.82) is 0 Å². The van der Waals surface area contributed by atoms with Crippen LogP contribution in [0.4, 0.5) is 0 Å². The minimum Gasteiger partial charge on any atom is -0.481 e. The van der Waals surface area contributed by atoms with E-state index < -0.39 is 15.8 Å². The maximum Gasteiger partial charge on any atom is 0.313 e. The highest BCUT2D eigenvalue weighted by Gasteiger charge is 2.32. The summed E-state index contributed by atoms with van der Waals surface area (Å²) in [6.07, 6.45) is 3.23. The van der Waals surface area contributed by atoms with Gasteiger partial charge in [-0.25, -0.2) is 8.42 Å². The van der Waals surface area contributed by atoms with Crippen LogP contribution in [0.25, 0.3) is 0 Å². The smallest absolute Gasteiger partial charge is 0.313 e. The molecule has 0 aromatic carbocycles. The van der Waals surface area contributed by atoms with Crippen molar-refractivity contribution >= 4 is 27.6 Å². The van der Waals surface area contributed by atoms with E-state index in [1.165, 1.54) is 6.26 Å². The lowest BCUT2D eigenvalue weighted by atomic mass is 10.3. The second-order valence-corrected chi connectivity index (χ2v) is 8.24. The molecule has 0 aliphatic heterocycles. The summed E-state index contributed by atoms with van der Waals surface area (Å²) in [4.78, 5) is 10.7. The third-order valence-electron chi connectivity index (χ3n) is 2.94. The molecule has 1 atom stereocenters. The quantitative estimate of drug-likeness (QED) is 0.746. The lowest BCUT2D eigenvalue weighted by Crippen LogP contribution is -2.19. The van der Waals surface area contributed by atoms with Gasteiger partial charge in [-0.15, -0.1) is 10.2 Å². The summed E-state index contributed by atoms with van der Waals surface area (Å²) in [7, 11) is -3.12. The molecule has 9 heteroatoms. The fraction of sp³-hybridized carbons (Fsp3) is 0.727. The van der Waals surface area contributed by atoms with E-state index in [-0.39, 0.29) is 17.5 Å². The highest BCUT2D eigenvalue weighted by Crippen LogP contribution is 2.41. The van der Waals surface area contributed by atoms with Gasteiger partial charge < -0.3 is 9.67 Å². The summed E-state index contributed by atoms with van der Waals surface area (Å²) in [5, 5.41) is 17.4. The number of sulfone groups is 1. The second kappa shape index (κ2) is 5.72. The number of rotatable bonds is 7. The van der Waals surface area contributed by atoms with E-state index in [1.807, 2.05) is 0 Å². The molecule has 1 aromatic rings. The van der Waals surface area contributed by atoms with Gasteiger partial charge in [0.15, 0.2) is 5.16 Å². The van der Waals surface area contributed by atoms with Crippen LogP contribution < -0.4 is 0 Å². The fourth-order valence-electron chi connectivity index (χ4n) is 2.06. The predicted octanol–water partition coefficient (Wildman–Crippen LogP) is 0.938. The van der Waals surface area contributed by atoms with E-state index in [0.717, 1.165) is 30.4 Å². The summed E-state index contributed by atoms with van der Waals surface area (Å²) >= 11 is 1.07. The highest BCUT2D eigenvalue weighted by molar-refractivity contribution is 7.99. The Kier molecular flexibility index (Phi) is 4.38. The predicted molar refractivity (Wildman–Crippen MR) is 74.8 cm³/mol. The van der Waals surface area contributed by atoms with Crippen LogP contribution in [-0.2, 0) is 14.6 Å². The van der Waals surface area contributed by atoms with Crippen LogP contribution in [0, 0.1) is 0 Å². The summed E-state index contributed by atoms with van der Waals surface area (Å²) in [5.74, 6) is 0.0331. The van der Waals surface area contributed by atoms with Crippen LogP contribution >= 0.6 is 11.8 Å². The lowest BCUT2D eigenvalue weighted by molar-refractivity contribution is -0.133. The number of thioether (sulfide) groups is 1. The van der Waals surface area contributed by atoms with Crippen molar-refractivity contribution < 1.29 is 18.3 Å². The van der Waals surface area contributed by atoms with Crippen LogP contribution in [0.2, 0.25) is 0 Å². The van der Waals surface area contributed by atoms with Crippen molar-refractivity contribution in [1.82, 2.24) is 14.8 Å². The first-order chi connectivity index (χ1) is 9.28. The molecular weight excluding hydrogens is 302 g/mol. The van der Waals surface area contributed by atoms with Gasteiger partial charge in [-0.3, -0.25) is 4.79 Å². The number of carboxylic acids is 1. The topological polar surface area (TPSA) is 102 Å². The average Bonchev–Trinajstić information content (AvgIpc) is 3.04. The van der Waals surface area contributed by atoms with Gasteiger partial charge >= 0.3 is 5.97 Å². The molecule has 1 aromatic heterocycles. The number of aromatic nitrogens is 3. The van der Waals surface area contributed by atoms with Gasteiger partial charge in [0.1, 0.15) is 15.7 Å². The van der Waals surface area contributed by atoms with E-state index >= 15 is 0 Å². The van der Waals surface area contributed by atoms with E-state index in [1.54, 1.807) is 11.5 Å².